The van der Waals surface area contributed by atoms with Crippen LogP contribution in [0, 0.1) is 6.92 Å². The maximum Gasteiger partial charge on any atom is 0.359 e. The number of benzene rings is 2. The summed E-state index contributed by atoms with van der Waals surface area (Å²) in [5.41, 5.74) is 0.703. The highest BCUT2D eigenvalue weighted by Gasteiger charge is 2.27. The lowest BCUT2D eigenvalue weighted by Crippen LogP contribution is -2.25. The van der Waals surface area contributed by atoms with Gasteiger partial charge in [-0.2, -0.15) is 9.78 Å². The average Bonchev–Trinajstić information content (AvgIpc) is 3.53. The first-order valence-electron chi connectivity index (χ1n) is 11.7. The van der Waals surface area contributed by atoms with Crippen LogP contribution in [-0.4, -0.2) is 40.5 Å². The molecule has 1 N–H and O–H groups in total. The van der Waals surface area contributed by atoms with E-state index in [1.807, 2.05) is 0 Å². The zero-order valence-corrected chi connectivity index (χ0v) is 22.6. The summed E-state index contributed by atoms with van der Waals surface area (Å²) in [6, 6.07) is 13.6. The van der Waals surface area contributed by atoms with Crippen molar-refractivity contribution in [3.63, 3.8) is 0 Å². The quantitative estimate of drug-likeness (QED) is 0.257. The number of esters is 1. The summed E-state index contributed by atoms with van der Waals surface area (Å²) in [6.07, 6.45) is 0. The number of carbonyl (C=O) groups excluding carboxylic acids is 2. The lowest BCUT2D eigenvalue weighted by atomic mass is 10.1. The molecule has 0 radical (unpaired) electrons. The van der Waals surface area contributed by atoms with Gasteiger partial charge in [0.15, 0.2) is 5.69 Å². The summed E-state index contributed by atoms with van der Waals surface area (Å²) in [5, 5.41) is 13.7. The van der Waals surface area contributed by atoms with Crippen molar-refractivity contribution in [3.8, 4) is 22.7 Å². The van der Waals surface area contributed by atoms with E-state index in [9.17, 15) is 14.4 Å². The van der Waals surface area contributed by atoms with Gasteiger partial charge in [-0.25, -0.2) is 4.79 Å². The third-order valence-corrected chi connectivity index (χ3v) is 7.09. The summed E-state index contributed by atoms with van der Waals surface area (Å²) in [5.74, 6) is -0.501. The minimum atomic E-state index is -0.703. The zero-order chi connectivity index (χ0) is 27.7. The third-order valence-electron chi connectivity index (χ3n) is 5.86. The standard InChI is InChI=1S/C27H21ClN4O6S/c1-4-37-27(35)23-18-13-39-25(21(18)26(34)32(30-23)15-8-7-9-16(12-15)36-3)29-24(33)20-14(2)38-31-22(20)17-10-5-6-11-19(17)28/h5-13H,4H2,1-3H3,(H,29,33). The molecule has 0 unspecified atom stereocenters. The van der Waals surface area contributed by atoms with Crippen LogP contribution in [0.1, 0.15) is 33.5 Å². The Balaban J connectivity index is 1.65. The highest BCUT2D eigenvalue weighted by atomic mass is 35.5. The van der Waals surface area contributed by atoms with Crippen molar-refractivity contribution in [1.29, 1.82) is 0 Å². The summed E-state index contributed by atoms with van der Waals surface area (Å²) in [4.78, 5) is 40.1. The Bertz CT molecular complexity index is 1790. The number of ether oxygens (including phenoxy) is 2. The molecule has 3 aromatic heterocycles. The third kappa shape index (κ3) is 4.77. The molecule has 0 aliphatic carbocycles. The number of thiophene rings is 1. The fourth-order valence-corrected chi connectivity index (χ4v) is 5.21. The topological polar surface area (TPSA) is 126 Å². The van der Waals surface area contributed by atoms with Crippen molar-refractivity contribution in [2.75, 3.05) is 19.0 Å². The van der Waals surface area contributed by atoms with Gasteiger partial charge >= 0.3 is 5.97 Å². The van der Waals surface area contributed by atoms with Crippen molar-refractivity contribution in [3.05, 3.63) is 86.3 Å². The number of nitrogens with one attached hydrogen (secondary N) is 1. The molecule has 0 fully saturated rings. The van der Waals surface area contributed by atoms with Crippen LogP contribution >= 0.6 is 22.9 Å². The monoisotopic (exact) mass is 564 g/mol. The van der Waals surface area contributed by atoms with Gasteiger partial charge < -0.3 is 19.3 Å². The van der Waals surface area contributed by atoms with Crippen molar-refractivity contribution < 1.29 is 23.6 Å². The number of nitrogens with zero attached hydrogens (tertiary/aromatic N) is 3. The Labute approximate surface area is 230 Å². The molecule has 5 aromatic rings. The molecule has 10 nitrogen and oxygen atoms in total. The van der Waals surface area contributed by atoms with E-state index in [1.165, 1.54) is 7.11 Å². The van der Waals surface area contributed by atoms with E-state index in [-0.39, 0.29) is 45.1 Å². The molecule has 0 atom stereocenters. The molecule has 12 heteroatoms. The zero-order valence-electron chi connectivity index (χ0n) is 21.0. The number of amides is 1. The Morgan fingerprint density at radius 1 is 1.18 bits per heavy atom. The van der Waals surface area contributed by atoms with Crippen molar-refractivity contribution in [1.82, 2.24) is 14.9 Å². The maximum absolute atomic E-state index is 13.7. The number of hydrogen-bond donors (Lipinski definition) is 1. The molecular formula is C27H21ClN4O6S. The molecule has 2 aromatic carbocycles. The van der Waals surface area contributed by atoms with Crippen LogP contribution in [0.2, 0.25) is 5.02 Å². The van der Waals surface area contributed by atoms with Crippen molar-refractivity contribution in [2.24, 2.45) is 0 Å². The lowest BCUT2D eigenvalue weighted by molar-refractivity contribution is 0.0520. The molecule has 3 heterocycles. The van der Waals surface area contributed by atoms with E-state index < -0.39 is 17.4 Å². The second kappa shape index (κ2) is 10.7. The Morgan fingerprint density at radius 3 is 2.72 bits per heavy atom. The van der Waals surface area contributed by atoms with Gasteiger partial charge in [-0.15, -0.1) is 11.3 Å². The van der Waals surface area contributed by atoms with Crippen LogP contribution < -0.4 is 15.6 Å². The SMILES string of the molecule is CCOC(=O)c1nn(-c2cccc(OC)c2)c(=O)c2c(NC(=O)c3c(-c4ccccc4Cl)noc3C)scc12. The Hall–Kier alpha value is -4.48. The first kappa shape index (κ1) is 26.1. The maximum atomic E-state index is 13.7. The van der Waals surface area contributed by atoms with E-state index >= 15 is 0 Å². The number of anilines is 1. The lowest BCUT2D eigenvalue weighted by Gasteiger charge is -2.11. The number of fused-ring (bicyclic) bond motifs is 1. The highest BCUT2D eigenvalue weighted by molar-refractivity contribution is 7.16. The van der Waals surface area contributed by atoms with Crippen LogP contribution in [-0.2, 0) is 4.74 Å². The van der Waals surface area contributed by atoms with Crippen LogP contribution in [0.4, 0.5) is 5.00 Å². The average molecular weight is 565 g/mol. The smallest absolute Gasteiger partial charge is 0.359 e. The predicted molar refractivity (Wildman–Crippen MR) is 147 cm³/mol. The van der Waals surface area contributed by atoms with E-state index in [2.05, 4.69) is 15.6 Å². The van der Waals surface area contributed by atoms with Crippen LogP contribution in [0.5, 0.6) is 5.75 Å². The molecule has 0 spiro atoms. The summed E-state index contributed by atoms with van der Waals surface area (Å²) < 4.78 is 16.9. The number of hydrogen-bond acceptors (Lipinski definition) is 9. The largest absolute Gasteiger partial charge is 0.497 e. The number of carbonyl (C=O) groups is 2. The number of aryl methyl sites for hydroxylation is 1. The Kier molecular flexibility index (Phi) is 7.18. The fourth-order valence-electron chi connectivity index (χ4n) is 4.05. The highest BCUT2D eigenvalue weighted by Crippen LogP contribution is 2.34. The van der Waals surface area contributed by atoms with Crippen LogP contribution in [0.3, 0.4) is 0 Å². The van der Waals surface area contributed by atoms with Gasteiger partial charge in [-0.05, 0) is 32.0 Å². The second-order valence-corrected chi connectivity index (χ2v) is 9.52. The van der Waals surface area contributed by atoms with E-state index in [4.69, 9.17) is 25.6 Å². The number of rotatable bonds is 7. The number of halogens is 1. The van der Waals surface area contributed by atoms with Gasteiger partial charge in [0.1, 0.15) is 27.8 Å². The van der Waals surface area contributed by atoms with Crippen molar-refractivity contribution in [2.45, 2.75) is 13.8 Å². The van der Waals surface area contributed by atoms with Crippen molar-refractivity contribution >= 4 is 50.6 Å². The normalized spacial score (nSPS) is 11.0. The van der Waals surface area contributed by atoms with Gasteiger partial charge in [0, 0.05) is 22.4 Å². The first-order chi connectivity index (χ1) is 18.8. The number of methoxy groups -OCH3 is 1. The van der Waals surface area contributed by atoms with E-state index in [1.54, 1.807) is 67.8 Å². The fraction of sp³-hybridized carbons (Fsp3) is 0.148. The molecule has 0 saturated carbocycles. The summed E-state index contributed by atoms with van der Waals surface area (Å²) >= 11 is 7.42. The van der Waals surface area contributed by atoms with E-state index in [0.29, 0.717) is 22.0 Å². The minimum Gasteiger partial charge on any atom is -0.497 e. The van der Waals surface area contributed by atoms with Gasteiger partial charge in [0.2, 0.25) is 0 Å². The molecular weight excluding hydrogens is 544 g/mol. The molecule has 5 rings (SSSR count). The number of aromatic nitrogens is 3. The van der Waals surface area contributed by atoms with Crippen LogP contribution in [0.15, 0.2) is 63.2 Å². The molecule has 0 aliphatic rings. The second-order valence-electron chi connectivity index (χ2n) is 8.24. The molecule has 0 saturated heterocycles. The molecule has 0 aliphatic heterocycles. The van der Waals surface area contributed by atoms with Gasteiger partial charge in [-0.1, -0.05) is 41.0 Å². The van der Waals surface area contributed by atoms with Gasteiger partial charge in [0.05, 0.1) is 29.8 Å². The molecule has 198 valence electrons. The summed E-state index contributed by atoms with van der Waals surface area (Å²) in [6.45, 7) is 3.39. The predicted octanol–water partition coefficient (Wildman–Crippen LogP) is 5.50. The molecule has 0 bridgehead atoms. The van der Waals surface area contributed by atoms with E-state index in [0.717, 1.165) is 16.0 Å². The minimum absolute atomic E-state index is 0.0658. The molecule has 1 amide bonds. The Morgan fingerprint density at radius 2 is 1.97 bits per heavy atom. The molecule has 39 heavy (non-hydrogen) atoms. The van der Waals surface area contributed by atoms with Crippen LogP contribution in [0.25, 0.3) is 27.7 Å². The summed E-state index contributed by atoms with van der Waals surface area (Å²) in [7, 11) is 1.50. The first-order valence-corrected chi connectivity index (χ1v) is 13.0. The van der Waals surface area contributed by atoms with Gasteiger partial charge in [-0.3, -0.25) is 9.59 Å². The van der Waals surface area contributed by atoms with Gasteiger partial charge in [0.25, 0.3) is 11.5 Å².